The lowest BCUT2D eigenvalue weighted by Crippen LogP contribution is -2.50. The van der Waals surface area contributed by atoms with Crippen LogP contribution in [0.3, 0.4) is 0 Å². The molecule has 1 aromatic rings. The van der Waals surface area contributed by atoms with Crippen LogP contribution in [0.5, 0.6) is 5.75 Å². The van der Waals surface area contributed by atoms with Crippen molar-refractivity contribution >= 4 is 8.32 Å². The largest absolute Gasteiger partial charge is 0.497 e. The number of hydrogen-bond acceptors (Lipinski definition) is 5. The molecule has 1 atom stereocenters. The molecule has 1 aliphatic rings. The van der Waals surface area contributed by atoms with Gasteiger partial charge in [0.25, 0.3) is 0 Å². The van der Waals surface area contributed by atoms with E-state index in [0.717, 1.165) is 11.3 Å². The SMILES string of the molecule is C#CCC1(CC(O[Si](C)(C)C(C)(C)C)C(=C=C)OCc2ccc(OC)cc2)COC(C)(C)OC1. The third-order valence-electron chi connectivity index (χ3n) is 6.81. The van der Waals surface area contributed by atoms with Gasteiger partial charge in [-0.15, -0.1) is 12.3 Å². The van der Waals surface area contributed by atoms with E-state index in [1.165, 1.54) is 0 Å². The first-order chi connectivity index (χ1) is 15.8. The minimum Gasteiger partial charge on any atom is -0.497 e. The molecule has 188 valence electrons. The van der Waals surface area contributed by atoms with Gasteiger partial charge < -0.3 is 23.4 Å². The van der Waals surface area contributed by atoms with E-state index in [2.05, 4.69) is 52.1 Å². The van der Waals surface area contributed by atoms with Gasteiger partial charge in [0.2, 0.25) is 0 Å². The zero-order valence-electron chi connectivity index (χ0n) is 22.2. The van der Waals surface area contributed by atoms with Crippen molar-refractivity contribution in [1.29, 1.82) is 0 Å². The van der Waals surface area contributed by atoms with Gasteiger partial charge in [-0.1, -0.05) is 45.2 Å². The van der Waals surface area contributed by atoms with Gasteiger partial charge in [-0.05, 0) is 56.1 Å². The molecule has 1 aliphatic heterocycles. The van der Waals surface area contributed by atoms with Crippen LogP contribution >= 0.6 is 0 Å². The third kappa shape index (κ3) is 7.50. The second kappa shape index (κ2) is 11.2. The number of benzene rings is 1. The first-order valence-electron chi connectivity index (χ1n) is 11.8. The molecule has 5 nitrogen and oxygen atoms in total. The molecule has 34 heavy (non-hydrogen) atoms. The second-order valence-electron chi connectivity index (χ2n) is 11.1. The summed E-state index contributed by atoms with van der Waals surface area (Å²) in [7, 11) is -0.503. The van der Waals surface area contributed by atoms with E-state index < -0.39 is 14.1 Å². The number of terminal acetylenes is 1. The average molecular weight is 487 g/mol. The van der Waals surface area contributed by atoms with Crippen LogP contribution in [-0.2, 0) is 25.2 Å². The van der Waals surface area contributed by atoms with Crippen LogP contribution in [0.25, 0.3) is 0 Å². The second-order valence-corrected chi connectivity index (χ2v) is 15.9. The lowest BCUT2D eigenvalue weighted by Gasteiger charge is -2.46. The number of methoxy groups -OCH3 is 1. The van der Waals surface area contributed by atoms with Crippen molar-refractivity contribution in [2.24, 2.45) is 5.41 Å². The first kappa shape index (κ1) is 28.2. The van der Waals surface area contributed by atoms with Crippen molar-refractivity contribution in [3.05, 3.63) is 47.9 Å². The number of ether oxygens (including phenoxy) is 4. The third-order valence-corrected chi connectivity index (χ3v) is 11.3. The van der Waals surface area contributed by atoms with E-state index in [9.17, 15) is 0 Å². The Morgan fingerprint density at radius 1 is 1.18 bits per heavy atom. The Kier molecular flexibility index (Phi) is 9.27. The number of hydrogen-bond donors (Lipinski definition) is 0. The standard InChI is InChI=1S/C28H42O5Si/c1-11-17-28(20-31-27(6,7)32-21-28)18-25(33-34(9,10)26(3,4)5)24(12-2)30-19-22-13-15-23(29-8)16-14-22/h1,13-16,25H,2,17-21H2,3-10H3. The highest BCUT2D eigenvalue weighted by Crippen LogP contribution is 2.42. The smallest absolute Gasteiger partial charge is 0.193 e. The van der Waals surface area contributed by atoms with E-state index in [4.69, 9.17) is 29.8 Å². The highest BCUT2D eigenvalue weighted by Gasteiger charge is 2.46. The molecule has 1 aromatic carbocycles. The Balaban J connectivity index is 2.31. The molecule has 1 unspecified atom stereocenters. The van der Waals surface area contributed by atoms with Gasteiger partial charge in [0.05, 0.1) is 20.3 Å². The molecule has 0 radical (unpaired) electrons. The van der Waals surface area contributed by atoms with E-state index >= 15 is 0 Å². The van der Waals surface area contributed by atoms with E-state index in [1.54, 1.807) is 7.11 Å². The Bertz CT molecular complexity index is 888. The fourth-order valence-corrected chi connectivity index (χ4v) is 4.76. The first-order valence-corrected chi connectivity index (χ1v) is 14.7. The van der Waals surface area contributed by atoms with Crippen LogP contribution in [0.2, 0.25) is 18.1 Å². The quantitative estimate of drug-likeness (QED) is 0.164. The zero-order chi connectivity index (χ0) is 25.6. The molecule has 0 saturated carbocycles. The molecule has 0 bridgehead atoms. The van der Waals surface area contributed by atoms with Crippen molar-refractivity contribution in [3.8, 4) is 18.1 Å². The summed E-state index contributed by atoms with van der Waals surface area (Å²) in [5.74, 6) is 3.59. The minimum absolute atomic E-state index is 0.0222. The fraction of sp³-hybridized carbons (Fsp3) is 0.607. The molecule has 0 amide bonds. The lowest BCUT2D eigenvalue weighted by molar-refractivity contribution is -0.287. The van der Waals surface area contributed by atoms with Gasteiger partial charge >= 0.3 is 0 Å². The summed E-state index contributed by atoms with van der Waals surface area (Å²) in [4.78, 5) is 0. The summed E-state index contributed by atoms with van der Waals surface area (Å²) in [5, 5.41) is 0.0222. The molecule has 2 rings (SSSR count). The van der Waals surface area contributed by atoms with Gasteiger partial charge in [-0.2, -0.15) is 0 Å². The van der Waals surface area contributed by atoms with Crippen molar-refractivity contribution in [2.75, 3.05) is 20.3 Å². The minimum atomic E-state index is -2.15. The maximum Gasteiger partial charge on any atom is 0.193 e. The molecule has 0 aliphatic carbocycles. The van der Waals surface area contributed by atoms with Gasteiger partial charge in [-0.3, -0.25) is 0 Å². The van der Waals surface area contributed by atoms with Gasteiger partial charge in [0.1, 0.15) is 18.5 Å². The average Bonchev–Trinajstić information content (AvgIpc) is 2.76. The van der Waals surface area contributed by atoms with E-state index in [-0.39, 0.29) is 16.6 Å². The maximum absolute atomic E-state index is 6.88. The summed E-state index contributed by atoms with van der Waals surface area (Å²) >= 11 is 0. The van der Waals surface area contributed by atoms with E-state index in [1.807, 2.05) is 38.1 Å². The summed E-state index contributed by atoms with van der Waals surface area (Å²) in [6, 6.07) is 7.79. The zero-order valence-corrected chi connectivity index (χ0v) is 23.2. The van der Waals surface area contributed by atoms with Crippen LogP contribution in [-0.4, -0.2) is 40.5 Å². The predicted molar refractivity (Wildman–Crippen MR) is 139 cm³/mol. The molecule has 1 heterocycles. The molecule has 0 spiro atoms. The summed E-state index contributed by atoms with van der Waals surface area (Å²) in [5.41, 5.74) is 3.65. The molecule has 0 aromatic heterocycles. The van der Waals surface area contributed by atoms with Crippen molar-refractivity contribution < 1.29 is 23.4 Å². The van der Waals surface area contributed by atoms with Gasteiger partial charge in [0.15, 0.2) is 19.9 Å². The molecule has 0 N–H and O–H groups in total. The van der Waals surface area contributed by atoms with Crippen LogP contribution in [0.15, 0.2) is 42.3 Å². The predicted octanol–water partition coefficient (Wildman–Crippen LogP) is 6.45. The summed E-state index contributed by atoms with van der Waals surface area (Å²) in [6.45, 7) is 20.2. The van der Waals surface area contributed by atoms with Crippen LogP contribution in [0.4, 0.5) is 0 Å². The Hall–Kier alpha value is -2.00. The van der Waals surface area contributed by atoms with Crippen molar-refractivity contribution in [1.82, 2.24) is 0 Å². The Labute approximate surface area is 207 Å². The topological polar surface area (TPSA) is 46.2 Å². The monoisotopic (exact) mass is 486 g/mol. The van der Waals surface area contributed by atoms with Crippen molar-refractivity contribution in [3.63, 3.8) is 0 Å². The van der Waals surface area contributed by atoms with Crippen LogP contribution < -0.4 is 4.74 Å². The summed E-state index contributed by atoms with van der Waals surface area (Å²) in [6.07, 6.45) is 6.53. The normalized spacial score (nSPS) is 18.3. The van der Waals surface area contributed by atoms with Crippen molar-refractivity contribution in [2.45, 2.75) is 84.1 Å². The maximum atomic E-state index is 6.88. The molecule has 1 saturated heterocycles. The van der Waals surface area contributed by atoms with Crippen LogP contribution in [0.1, 0.15) is 53.0 Å². The Morgan fingerprint density at radius 2 is 1.76 bits per heavy atom. The van der Waals surface area contributed by atoms with E-state index in [0.29, 0.717) is 38.4 Å². The highest BCUT2D eigenvalue weighted by molar-refractivity contribution is 6.74. The fourth-order valence-electron chi connectivity index (χ4n) is 3.50. The molecule has 6 heteroatoms. The van der Waals surface area contributed by atoms with Crippen LogP contribution in [0, 0.1) is 17.8 Å². The highest BCUT2D eigenvalue weighted by atomic mass is 28.4. The summed E-state index contributed by atoms with van der Waals surface area (Å²) < 4.78 is 30.4. The molecular weight excluding hydrogens is 444 g/mol. The Morgan fingerprint density at radius 3 is 2.24 bits per heavy atom. The molecular formula is C28H42O5Si. The molecule has 1 fully saturated rings. The lowest BCUT2D eigenvalue weighted by atomic mass is 9.79. The number of rotatable bonds is 10. The van der Waals surface area contributed by atoms with Gasteiger partial charge in [-0.25, -0.2) is 0 Å². The van der Waals surface area contributed by atoms with Gasteiger partial charge in [0, 0.05) is 11.8 Å².